The summed E-state index contributed by atoms with van der Waals surface area (Å²) < 4.78 is 24.7. The summed E-state index contributed by atoms with van der Waals surface area (Å²) >= 11 is 0. The molecular formula is C20H19O3P. The molecule has 1 atom stereocenters. The Kier molecular flexibility index (Phi) is 5.27. The van der Waals surface area contributed by atoms with E-state index in [0.717, 1.165) is 11.1 Å². The van der Waals surface area contributed by atoms with Gasteiger partial charge in [0.15, 0.2) is 0 Å². The molecule has 0 saturated carbocycles. The summed E-state index contributed by atoms with van der Waals surface area (Å²) in [5, 5.41) is 0.546. The lowest BCUT2D eigenvalue weighted by Crippen LogP contribution is -2.13. The van der Waals surface area contributed by atoms with Crippen LogP contribution < -0.4 is 5.30 Å². The van der Waals surface area contributed by atoms with Crippen molar-refractivity contribution in [3.05, 3.63) is 102 Å². The van der Waals surface area contributed by atoms with Crippen LogP contribution >= 0.6 is 7.60 Å². The second kappa shape index (κ2) is 7.59. The van der Waals surface area contributed by atoms with Crippen molar-refractivity contribution >= 4 is 12.9 Å². The third-order valence-electron chi connectivity index (χ3n) is 3.76. The Bertz CT molecular complexity index is 765. The van der Waals surface area contributed by atoms with Crippen LogP contribution in [0.5, 0.6) is 0 Å². The minimum absolute atomic E-state index is 0.474. The van der Waals surface area contributed by atoms with Crippen LogP contribution in [0.25, 0.3) is 0 Å². The molecule has 3 rings (SSSR count). The summed E-state index contributed by atoms with van der Waals surface area (Å²) in [6.07, 6.45) is -0.474. The molecule has 0 saturated heterocycles. The summed E-state index contributed by atoms with van der Waals surface area (Å²) in [7, 11) is -2.02. The molecule has 1 unspecified atom stereocenters. The maximum Gasteiger partial charge on any atom is 0.361 e. The lowest BCUT2D eigenvalue weighted by atomic mass is 10.0. The molecule has 24 heavy (non-hydrogen) atoms. The molecule has 122 valence electrons. The molecule has 0 fully saturated rings. The minimum atomic E-state index is -3.44. The highest BCUT2D eigenvalue weighted by Crippen LogP contribution is 2.51. The fraction of sp³-hybridized carbons (Fsp3) is 0.100. The van der Waals surface area contributed by atoms with E-state index in [-0.39, 0.29) is 0 Å². The Morgan fingerprint density at radius 1 is 0.708 bits per heavy atom. The highest BCUT2D eigenvalue weighted by atomic mass is 31.2. The van der Waals surface area contributed by atoms with Crippen LogP contribution in [-0.2, 0) is 13.6 Å². The Labute approximate surface area is 142 Å². The van der Waals surface area contributed by atoms with Gasteiger partial charge in [0.25, 0.3) is 0 Å². The van der Waals surface area contributed by atoms with Crippen molar-refractivity contribution in [2.75, 3.05) is 7.11 Å². The first kappa shape index (κ1) is 16.7. The molecule has 0 aliphatic carbocycles. The van der Waals surface area contributed by atoms with E-state index in [1.165, 1.54) is 7.11 Å². The third-order valence-corrected chi connectivity index (χ3v) is 5.66. The van der Waals surface area contributed by atoms with Gasteiger partial charge < -0.3 is 4.52 Å². The van der Waals surface area contributed by atoms with Gasteiger partial charge in [0.1, 0.15) is 6.10 Å². The molecule has 0 spiro atoms. The van der Waals surface area contributed by atoms with Crippen molar-refractivity contribution in [2.24, 2.45) is 0 Å². The van der Waals surface area contributed by atoms with Gasteiger partial charge >= 0.3 is 7.60 Å². The second-order valence-corrected chi connectivity index (χ2v) is 7.41. The summed E-state index contributed by atoms with van der Waals surface area (Å²) in [6, 6.07) is 28.5. The zero-order valence-electron chi connectivity index (χ0n) is 13.4. The van der Waals surface area contributed by atoms with Crippen molar-refractivity contribution < 1.29 is 13.6 Å². The Balaban J connectivity index is 2.02. The largest absolute Gasteiger partial charge is 0.361 e. The van der Waals surface area contributed by atoms with Crippen molar-refractivity contribution in [2.45, 2.75) is 6.10 Å². The molecule has 0 aliphatic heterocycles. The van der Waals surface area contributed by atoms with E-state index in [1.54, 1.807) is 12.1 Å². The van der Waals surface area contributed by atoms with E-state index >= 15 is 0 Å². The van der Waals surface area contributed by atoms with Gasteiger partial charge in [0.2, 0.25) is 0 Å². The number of benzene rings is 3. The molecule has 3 aromatic carbocycles. The van der Waals surface area contributed by atoms with Crippen molar-refractivity contribution in [3.8, 4) is 0 Å². The normalized spacial score (nSPS) is 13.6. The van der Waals surface area contributed by atoms with Crippen LogP contribution in [0.4, 0.5) is 0 Å². The van der Waals surface area contributed by atoms with Crippen LogP contribution in [0.15, 0.2) is 91.0 Å². The fourth-order valence-electron chi connectivity index (χ4n) is 2.53. The van der Waals surface area contributed by atoms with E-state index in [0.29, 0.717) is 5.30 Å². The molecule has 0 aromatic heterocycles. The molecule has 0 amide bonds. The lowest BCUT2D eigenvalue weighted by molar-refractivity contribution is 0.198. The smallest absolute Gasteiger partial charge is 0.309 e. The lowest BCUT2D eigenvalue weighted by Gasteiger charge is -2.24. The summed E-state index contributed by atoms with van der Waals surface area (Å²) in [4.78, 5) is 0. The number of hydrogen-bond donors (Lipinski definition) is 0. The van der Waals surface area contributed by atoms with Gasteiger partial charge in [-0.25, -0.2) is 0 Å². The molecule has 3 aromatic rings. The summed E-state index contributed by atoms with van der Waals surface area (Å²) in [6.45, 7) is 0. The van der Waals surface area contributed by atoms with Crippen molar-refractivity contribution in [3.63, 3.8) is 0 Å². The average molecular weight is 338 g/mol. The van der Waals surface area contributed by atoms with Gasteiger partial charge in [-0.05, 0) is 23.3 Å². The topological polar surface area (TPSA) is 35.5 Å². The van der Waals surface area contributed by atoms with E-state index in [1.807, 2.05) is 78.9 Å². The maximum absolute atomic E-state index is 13.3. The predicted molar refractivity (Wildman–Crippen MR) is 96.5 cm³/mol. The van der Waals surface area contributed by atoms with Gasteiger partial charge in [-0.1, -0.05) is 78.9 Å². The van der Waals surface area contributed by atoms with Gasteiger partial charge in [-0.3, -0.25) is 9.09 Å². The molecule has 0 bridgehead atoms. The molecule has 4 heteroatoms. The molecule has 0 N–H and O–H groups in total. The van der Waals surface area contributed by atoms with E-state index in [4.69, 9.17) is 9.05 Å². The van der Waals surface area contributed by atoms with Crippen LogP contribution in [0.3, 0.4) is 0 Å². The SMILES string of the molecule is COP(=O)(OC(c1ccccc1)c1ccccc1)c1ccccc1. The third kappa shape index (κ3) is 3.65. The first-order valence-electron chi connectivity index (χ1n) is 7.72. The predicted octanol–water partition coefficient (Wildman–Crippen LogP) is 4.96. The first-order valence-corrected chi connectivity index (χ1v) is 9.27. The molecule has 3 nitrogen and oxygen atoms in total. The van der Waals surface area contributed by atoms with E-state index in [9.17, 15) is 4.57 Å². The fourth-order valence-corrected chi connectivity index (χ4v) is 4.01. The van der Waals surface area contributed by atoms with E-state index < -0.39 is 13.7 Å². The Hall–Kier alpha value is -2.19. The molecule has 0 radical (unpaired) electrons. The number of hydrogen-bond acceptors (Lipinski definition) is 3. The monoisotopic (exact) mass is 338 g/mol. The van der Waals surface area contributed by atoms with Crippen molar-refractivity contribution in [1.82, 2.24) is 0 Å². The van der Waals surface area contributed by atoms with Crippen molar-refractivity contribution in [1.29, 1.82) is 0 Å². The number of rotatable bonds is 6. The average Bonchev–Trinajstić information content (AvgIpc) is 2.68. The molecule has 0 aliphatic rings. The van der Waals surface area contributed by atoms with Gasteiger partial charge in [0, 0.05) is 7.11 Å². The minimum Gasteiger partial charge on any atom is -0.309 e. The van der Waals surface area contributed by atoms with Crippen LogP contribution in [0.1, 0.15) is 17.2 Å². The first-order chi connectivity index (χ1) is 11.7. The van der Waals surface area contributed by atoms with Gasteiger partial charge in [0.05, 0.1) is 5.30 Å². The zero-order chi connectivity index (χ0) is 16.8. The molecule has 0 heterocycles. The quantitative estimate of drug-likeness (QED) is 0.596. The van der Waals surface area contributed by atoms with Crippen LogP contribution in [-0.4, -0.2) is 7.11 Å². The second-order valence-electron chi connectivity index (χ2n) is 5.32. The zero-order valence-corrected chi connectivity index (χ0v) is 14.3. The highest BCUT2D eigenvalue weighted by molar-refractivity contribution is 7.62. The van der Waals surface area contributed by atoms with Gasteiger partial charge in [-0.15, -0.1) is 0 Å². The Morgan fingerprint density at radius 3 is 1.54 bits per heavy atom. The highest BCUT2D eigenvalue weighted by Gasteiger charge is 2.31. The maximum atomic E-state index is 13.3. The summed E-state index contributed by atoms with van der Waals surface area (Å²) in [5.41, 5.74) is 1.86. The summed E-state index contributed by atoms with van der Waals surface area (Å²) in [5.74, 6) is 0. The Morgan fingerprint density at radius 2 is 1.12 bits per heavy atom. The molecular weight excluding hydrogens is 319 g/mol. The van der Waals surface area contributed by atoms with Crippen LogP contribution in [0, 0.1) is 0 Å². The standard InChI is InChI=1S/C20H19O3P/c1-22-24(21,19-15-9-4-10-16-19)23-20(17-11-5-2-6-12-17)18-13-7-3-8-14-18/h2-16,20H,1H3. The van der Waals surface area contributed by atoms with Gasteiger partial charge in [-0.2, -0.15) is 0 Å². The van der Waals surface area contributed by atoms with E-state index in [2.05, 4.69) is 0 Å². The van der Waals surface area contributed by atoms with Crippen LogP contribution in [0.2, 0.25) is 0 Å².